The number of esters is 4. The van der Waals surface area contributed by atoms with E-state index in [0.29, 0.717) is 15.8 Å². The van der Waals surface area contributed by atoms with Gasteiger partial charge in [0.2, 0.25) is 0 Å². The van der Waals surface area contributed by atoms with Gasteiger partial charge in [0.1, 0.15) is 19.0 Å². The van der Waals surface area contributed by atoms with Crippen LogP contribution in [-0.2, 0) is 33.4 Å². The van der Waals surface area contributed by atoms with Crippen LogP contribution in [0.4, 0.5) is 0 Å². The molecule has 66 heavy (non-hydrogen) atoms. The molecular formula is C54H83Cl3O9. The van der Waals surface area contributed by atoms with E-state index in [0.717, 1.165) is 51.4 Å². The van der Waals surface area contributed by atoms with Crippen LogP contribution in [0.15, 0.2) is 36.4 Å². The summed E-state index contributed by atoms with van der Waals surface area (Å²) in [6.07, 6.45) is 30.8. The molecule has 0 spiro atoms. The van der Waals surface area contributed by atoms with Crippen LogP contribution in [0.1, 0.15) is 220 Å². The molecule has 0 saturated heterocycles. The summed E-state index contributed by atoms with van der Waals surface area (Å²) in [4.78, 5) is 52.2. The Balaban J connectivity index is 1.84. The van der Waals surface area contributed by atoms with Crippen molar-refractivity contribution in [1.82, 2.24) is 0 Å². The molecule has 374 valence electrons. The van der Waals surface area contributed by atoms with Gasteiger partial charge in [-0.1, -0.05) is 203 Å². The Bertz CT molecular complexity index is 1600. The molecule has 0 heterocycles. The number of unbranched alkanes of at least 4 members (excludes halogenated alkanes) is 24. The molecule has 0 saturated carbocycles. The Morgan fingerprint density at radius 2 is 0.879 bits per heavy atom. The Kier molecular flexibility index (Phi) is 33.1. The van der Waals surface area contributed by atoms with Crippen molar-refractivity contribution in [2.75, 3.05) is 13.2 Å². The lowest BCUT2D eigenvalue weighted by Crippen LogP contribution is -2.33. The van der Waals surface area contributed by atoms with Crippen LogP contribution in [0.25, 0.3) is 0 Å². The van der Waals surface area contributed by atoms with Gasteiger partial charge in [0.15, 0.2) is 17.6 Å². The van der Waals surface area contributed by atoms with Gasteiger partial charge < -0.3 is 23.7 Å². The van der Waals surface area contributed by atoms with E-state index in [2.05, 4.69) is 13.8 Å². The minimum atomic E-state index is -1.15. The molecule has 0 unspecified atom stereocenters. The van der Waals surface area contributed by atoms with Crippen LogP contribution in [0.3, 0.4) is 0 Å². The highest BCUT2D eigenvalue weighted by Crippen LogP contribution is 2.39. The van der Waals surface area contributed by atoms with Crippen molar-refractivity contribution in [3.05, 3.63) is 51.5 Å². The fourth-order valence-electron chi connectivity index (χ4n) is 7.53. The molecule has 0 fully saturated rings. The average Bonchev–Trinajstić information content (AvgIpc) is 3.28. The van der Waals surface area contributed by atoms with E-state index in [1.165, 1.54) is 128 Å². The topological polar surface area (TPSA) is 114 Å². The van der Waals surface area contributed by atoms with Crippen LogP contribution in [-0.4, -0.2) is 43.2 Å². The molecule has 0 aromatic heterocycles. The van der Waals surface area contributed by atoms with Crippen molar-refractivity contribution in [2.24, 2.45) is 5.41 Å². The van der Waals surface area contributed by atoms with E-state index in [9.17, 15) is 19.2 Å². The van der Waals surface area contributed by atoms with E-state index in [-0.39, 0.29) is 67.4 Å². The van der Waals surface area contributed by atoms with Gasteiger partial charge >= 0.3 is 23.9 Å². The summed E-state index contributed by atoms with van der Waals surface area (Å²) in [5, 5.41) is 1.01. The maximum atomic E-state index is 13.5. The van der Waals surface area contributed by atoms with Crippen LogP contribution >= 0.6 is 34.8 Å². The van der Waals surface area contributed by atoms with E-state index < -0.39 is 23.5 Å². The predicted molar refractivity (Wildman–Crippen MR) is 269 cm³/mol. The second-order valence-corrected chi connectivity index (χ2v) is 19.8. The second kappa shape index (κ2) is 37.0. The molecule has 0 N–H and O–H groups in total. The summed E-state index contributed by atoms with van der Waals surface area (Å²) >= 11 is 18.6. The van der Waals surface area contributed by atoms with Gasteiger partial charge in [-0.25, -0.2) is 0 Å². The first-order valence-corrected chi connectivity index (χ1v) is 26.6. The average molecular weight is 983 g/mol. The van der Waals surface area contributed by atoms with Gasteiger partial charge in [0.25, 0.3) is 0 Å². The van der Waals surface area contributed by atoms with E-state index >= 15 is 0 Å². The monoisotopic (exact) mass is 981 g/mol. The third-order valence-corrected chi connectivity index (χ3v) is 12.6. The molecule has 0 aliphatic carbocycles. The predicted octanol–water partition coefficient (Wildman–Crippen LogP) is 17.1. The molecule has 2 rings (SSSR count). The second-order valence-electron chi connectivity index (χ2n) is 18.5. The molecule has 0 aliphatic rings. The fraction of sp³-hybridized carbons (Fsp3) is 0.704. The van der Waals surface area contributed by atoms with E-state index in [1.54, 1.807) is 38.1 Å². The smallest absolute Gasteiger partial charge is 0.317 e. The molecule has 0 radical (unpaired) electrons. The van der Waals surface area contributed by atoms with Crippen molar-refractivity contribution in [2.45, 2.75) is 226 Å². The lowest BCUT2D eigenvalue weighted by Gasteiger charge is -2.23. The lowest BCUT2D eigenvalue weighted by atomic mass is 9.88. The van der Waals surface area contributed by atoms with Crippen LogP contribution in [0.5, 0.6) is 17.2 Å². The molecule has 0 amide bonds. The number of rotatable bonds is 40. The van der Waals surface area contributed by atoms with Gasteiger partial charge in [-0.15, -0.1) is 0 Å². The number of carbonyl (C=O) groups is 4. The highest BCUT2D eigenvalue weighted by molar-refractivity contribution is 6.35. The number of carbonyl (C=O) groups excluding carboxylic acids is 4. The highest BCUT2D eigenvalue weighted by atomic mass is 35.5. The summed E-state index contributed by atoms with van der Waals surface area (Å²) in [7, 11) is 0. The summed E-state index contributed by atoms with van der Waals surface area (Å²) in [6.45, 7) is 7.31. The van der Waals surface area contributed by atoms with Crippen LogP contribution < -0.4 is 9.47 Å². The Labute approximate surface area is 413 Å². The first kappa shape index (κ1) is 59.1. The first-order valence-electron chi connectivity index (χ1n) is 25.5. The highest BCUT2D eigenvalue weighted by Gasteiger charge is 2.32. The van der Waals surface area contributed by atoms with Crippen LogP contribution in [0, 0.1) is 5.41 Å². The quantitative estimate of drug-likeness (QED) is 0.0279. The van der Waals surface area contributed by atoms with Gasteiger partial charge in [-0.05, 0) is 63.4 Å². The third kappa shape index (κ3) is 29.0. The molecule has 2 aromatic carbocycles. The van der Waals surface area contributed by atoms with E-state index in [4.69, 9.17) is 58.5 Å². The Morgan fingerprint density at radius 1 is 0.485 bits per heavy atom. The zero-order chi connectivity index (χ0) is 48.3. The number of hydrogen-bond acceptors (Lipinski definition) is 9. The van der Waals surface area contributed by atoms with Gasteiger partial charge in [-0.3, -0.25) is 19.2 Å². The normalized spacial score (nSPS) is 11.5. The maximum Gasteiger partial charge on any atom is 0.317 e. The molecule has 12 heteroatoms. The molecule has 0 aliphatic heterocycles. The molecule has 0 atom stereocenters. The minimum absolute atomic E-state index is 0.0643. The number of halogens is 3. The van der Waals surface area contributed by atoms with Crippen molar-refractivity contribution < 1.29 is 42.9 Å². The Morgan fingerprint density at radius 3 is 1.30 bits per heavy atom. The zero-order valence-corrected chi connectivity index (χ0v) is 43.2. The number of benzene rings is 2. The first-order chi connectivity index (χ1) is 31.8. The van der Waals surface area contributed by atoms with Crippen LogP contribution in [0.2, 0.25) is 15.1 Å². The Hall–Kier alpha value is -3.01. The SMILES string of the molecule is CCCCCCCCCCCCCCCC(=O)OCC(COC(=O)CCCCCCCCCCCCCCC)OC(=O)CCC(C)(C)C(=O)Oc1cc(Cl)ccc1Oc1ccc(Cl)cc1Cl. The molecule has 2 aromatic rings. The van der Waals surface area contributed by atoms with Gasteiger partial charge in [0.05, 0.1) is 10.4 Å². The molecule has 0 bridgehead atoms. The summed E-state index contributed by atoms with van der Waals surface area (Å²) in [5.41, 5.74) is -1.15. The molecule has 9 nitrogen and oxygen atoms in total. The van der Waals surface area contributed by atoms with Crippen molar-refractivity contribution >= 4 is 58.7 Å². The summed E-state index contributed by atoms with van der Waals surface area (Å²) in [6, 6.07) is 9.34. The largest absolute Gasteiger partial charge is 0.462 e. The summed E-state index contributed by atoms with van der Waals surface area (Å²) < 4.78 is 28.5. The lowest BCUT2D eigenvalue weighted by molar-refractivity contribution is -0.167. The van der Waals surface area contributed by atoms with Crippen molar-refractivity contribution in [1.29, 1.82) is 0 Å². The number of ether oxygens (including phenoxy) is 5. The standard InChI is InChI=1S/C54H83Cl3O9/c1-5-7-9-11-13-15-17-19-21-23-25-27-29-31-50(58)62-41-45(42-63-51(59)32-30-28-26-24-22-20-18-16-14-12-10-8-6-2)64-52(60)37-38-54(3,4)53(61)66-49-40-44(56)34-36-48(49)65-47-35-33-43(55)39-46(47)57/h33-36,39-40,45H,5-32,37-38,41-42H2,1-4H3. The minimum Gasteiger partial charge on any atom is -0.462 e. The zero-order valence-electron chi connectivity index (χ0n) is 41.0. The fourth-order valence-corrected chi connectivity index (χ4v) is 8.14. The van der Waals surface area contributed by atoms with E-state index in [1.807, 2.05) is 0 Å². The van der Waals surface area contributed by atoms with Gasteiger partial charge in [0, 0.05) is 35.4 Å². The molecular weight excluding hydrogens is 899 g/mol. The number of hydrogen-bond donors (Lipinski definition) is 0. The summed E-state index contributed by atoms with van der Waals surface area (Å²) in [5.74, 6) is -1.48. The van der Waals surface area contributed by atoms with Crippen molar-refractivity contribution in [3.63, 3.8) is 0 Å². The third-order valence-electron chi connectivity index (χ3n) is 11.9. The van der Waals surface area contributed by atoms with Crippen molar-refractivity contribution in [3.8, 4) is 17.2 Å². The maximum absolute atomic E-state index is 13.5. The van der Waals surface area contributed by atoms with Gasteiger partial charge in [-0.2, -0.15) is 0 Å².